The molecule has 0 aromatic heterocycles. The van der Waals surface area contributed by atoms with Gasteiger partial charge in [0.05, 0.1) is 4.90 Å². The largest absolute Gasteiger partial charge is 0.300 e. The normalized spacial score (nSPS) is 25.9. The summed E-state index contributed by atoms with van der Waals surface area (Å²) in [5.74, 6) is 0.273. The Hall–Kier alpha value is -0.950. The van der Waals surface area contributed by atoms with E-state index in [0.29, 0.717) is 21.9 Å². The van der Waals surface area contributed by atoms with Gasteiger partial charge in [-0.15, -0.1) is 0 Å². The average Bonchev–Trinajstić information content (AvgIpc) is 3.96. The van der Waals surface area contributed by atoms with Crippen molar-refractivity contribution in [2.45, 2.75) is 192 Å². The second kappa shape index (κ2) is 19.3. The van der Waals surface area contributed by atoms with E-state index in [1.54, 1.807) is 31.2 Å². The molecule has 0 bridgehead atoms. The Morgan fingerprint density at radius 2 is 1.48 bits per heavy atom. The van der Waals surface area contributed by atoms with Crippen molar-refractivity contribution in [1.29, 1.82) is 0 Å². The third-order valence-electron chi connectivity index (χ3n) is 10.8. The lowest BCUT2D eigenvalue weighted by molar-refractivity contribution is -0.118. The van der Waals surface area contributed by atoms with Gasteiger partial charge in [-0.25, -0.2) is 8.42 Å². The van der Waals surface area contributed by atoms with Crippen molar-refractivity contribution >= 4 is 27.4 Å². The van der Waals surface area contributed by atoms with Gasteiger partial charge < -0.3 is 4.79 Å². The summed E-state index contributed by atoms with van der Waals surface area (Å²) in [6.45, 7) is 13.5. The van der Waals surface area contributed by atoms with Crippen molar-refractivity contribution < 1.29 is 13.2 Å². The Morgan fingerprint density at radius 1 is 0.826 bits per heavy atom. The quantitative estimate of drug-likeness (QED) is 0.185. The van der Waals surface area contributed by atoms with Crippen LogP contribution in [0.4, 0.5) is 0 Å². The molecular formula is C39H67ClN2O3S. The molecule has 46 heavy (non-hydrogen) atoms. The van der Waals surface area contributed by atoms with Gasteiger partial charge in [0, 0.05) is 29.1 Å². The number of likely N-dealkylation sites (tertiary alicyclic amines) is 1. The Morgan fingerprint density at radius 3 is 2.00 bits per heavy atom. The first-order valence-corrected chi connectivity index (χ1v) is 20.9. The first kappa shape index (κ1) is 39.5. The Balaban J connectivity index is 0.000000280. The molecule has 0 amide bonds. The summed E-state index contributed by atoms with van der Waals surface area (Å²) in [6.07, 6.45) is 24.9. The first-order valence-electron chi connectivity index (χ1n) is 19.1. The van der Waals surface area contributed by atoms with E-state index < -0.39 is 10.0 Å². The van der Waals surface area contributed by atoms with Crippen molar-refractivity contribution in [2.75, 3.05) is 13.1 Å². The fourth-order valence-corrected chi connectivity index (χ4v) is 10.2. The van der Waals surface area contributed by atoms with Crippen LogP contribution in [0.5, 0.6) is 0 Å². The van der Waals surface area contributed by atoms with Crippen LogP contribution < -0.4 is 0 Å². The van der Waals surface area contributed by atoms with Crippen molar-refractivity contribution in [1.82, 2.24) is 9.21 Å². The number of rotatable bonds is 15. The maximum absolute atomic E-state index is 13.6. The molecule has 0 spiro atoms. The molecule has 4 fully saturated rings. The van der Waals surface area contributed by atoms with Gasteiger partial charge in [0.25, 0.3) is 0 Å². The standard InChI is InChI=1S/C23H34ClNO3S.C13H27N.C3H6/c1-3-6-20-7-4-8-21(9-5-14-23(15-16-23)17-18(2)26)25(20)29(27,28)22-12-10-19(24)11-13-22;1-4-9-13(6-3)10-7-8-12-14(13)11-5-2;1-2-3-1/h10-13,20-21H,3-9,14-17H2,1-2H3;4-12H2,1-3H3;1-3H2. The number of hydrogen-bond donors (Lipinski definition) is 0. The van der Waals surface area contributed by atoms with Crippen LogP contribution in [-0.2, 0) is 14.8 Å². The van der Waals surface area contributed by atoms with Crippen LogP contribution in [0.15, 0.2) is 29.2 Å². The van der Waals surface area contributed by atoms with Crippen LogP contribution in [0, 0.1) is 5.41 Å². The van der Waals surface area contributed by atoms with Crippen molar-refractivity contribution in [3.05, 3.63) is 29.3 Å². The van der Waals surface area contributed by atoms with E-state index in [-0.39, 0.29) is 23.3 Å². The Kier molecular flexibility index (Phi) is 16.6. The van der Waals surface area contributed by atoms with Crippen LogP contribution in [-0.4, -0.2) is 54.1 Å². The fraction of sp³-hybridized carbons (Fsp3) is 0.821. The summed E-state index contributed by atoms with van der Waals surface area (Å²) >= 11 is 5.98. The molecule has 1 aromatic rings. The van der Waals surface area contributed by atoms with Crippen molar-refractivity contribution in [2.24, 2.45) is 5.41 Å². The number of halogens is 1. The minimum absolute atomic E-state index is 0.0501. The molecule has 5 nitrogen and oxygen atoms in total. The third-order valence-corrected chi connectivity index (χ3v) is 13.1. The summed E-state index contributed by atoms with van der Waals surface area (Å²) in [4.78, 5) is 14.7. The molecule has 4 aliphatic rings. The SMILES string of the molecule is C1CC1.CCCC1CCCC(CCCC2(CC(C)=O)CC2)N1S(=O)(=O)c1ccc(Cl)cc1.CCCN1CCCCC1(CC)CCC. The molecule has 2 saturated carbocycles. The highest BCUT2D eigenvalue weighted by molar-refractivity contribution is 7.89. The summed E-state index contributed by atoms with van der Waals surface area (Å²) in [5, 5.41) is 0.546. The van der Waals surface area contributed by atoms with Gasteiger partial charge >= 0.3 is 0 Å². The molecule has 264 valence electrons. The zero-order valence-electron chi connectivity index (χ0n) is 30.1. The zero-order valence-corrected chi connectivity index (χ0v) is 31.7. The van der Waals surface area contributed by atoms with E-state index in [0.717, 1.165) is 64.2 Å². The average molecular weight is 679 g/mol. The number of carbonyl (C=O) groups is 1. The van der Waals surface area contributed by atoms with Crippen molar-refractivity contribution in [3.8, 4) is 0 Å². The minimum Gasteiger partial charge on any atom is -0.300 e. The fourth-order valence-electron chi connectivity index (χ4n) is 8.17. The van der Waals surface area contributed by atoms with Gasteiger partial charge in [-0.1, -0.05) is 90.7 Å². The van der Waals surface area contributed by atoms with Gasteiger partial charge in [-0.05, 0) is 127 Å². The molecule has 5 rings (SSSR count). The van der Waals surface area contributed by atoms with Gasteiger partial charge in [-0.2, -0.15) is 4.31 Å². The molecule has 3 atom stereocenters. The number of Topliss-reactive ketones (excluding diaryl/α,β-unsaturated/α-hetero) is 1. The molecule has 2 aliphatic carbocycles. The summed E-state index contributed by atoms with van der Waals surface area (Å²) < 4.78 is 28.9. The zero-order chi connectivity index (χ0) is 33.6. The molecule has 0 N–H and O–H groups in total. The lowest BCUT2D eigenvalue weighted by Crippen LogP contribution is -2.51. The van der Waals surface area contributed by atoms with Crippen LogP contribution in [0.3, 0.4) is 0 Å². The predicted octanol–water partition coefficient (Wildman–Crippen LogP) is 11.0. The maximum atomic E-state index is 13.6. The van der Waals surface area contributed by atoms with E-state index >= 15 is 0 Å². The Labute approximate surface area is 288 Å². The number of ketones is 1. The van der Waals surface area contributed by atoms with Crippen LogP contribution in [0.2, 0.25) is 5.02 Å². The highest BCUT2D eigenvalue weighted by Crippen LogP contribution is 2.53. The van der Waals surface area contributed by atoms with E-state index in [9.17, 15) is 13.2 Å². The topological polar surface area (TPSA) is 57.7 Å². The number of benzene rings is 1. The lowest BCUT2D eigenvalue weighted by atomic mass is 9.80. The van der Waals surface area contributed by atoms with E-state index in [4.69, 9.17) is 11.6 Å². The monoisotopic (exact) mass is 678 g/mol. The lowest BCUT2D eigenvalue weighted by Gasteiger charge is -2.47. The van der Waals surface area contributed by atoms with Crippen molar-refractivity contribution in [3.63, 3.8) is 0 Å². The van der Waals surface area contributed by atoms with E-state index in [1.807, 2.05) is 4.31 Å². The van der Waals surface area contributed by atoms with Gasteiger partial charge in [-0.3, -0.25) is 4.90 Å². The molecule has 1 aromatic carbocycles. The number of carbonyl (C=O) groups excluding carboxylic acids is 1. The summed E-state index contributed by atoms with van der Waals surface area (Å²) in [7, 11) is -3.55. The van der Waals surface area contributed by atoms with Gasteiger partial charge in [0.2, 0.25) is 10.0 Å². The van der Waals surface area contributed by atoms with Crippen LogP contribution in [0.25, 0.3) is 0 Å². The van der Waals surface area contributed by atoms with E-state index in [2.05, 4.69) is 32.6 Å². The molecule has 7 heteroatoms. The Bertz CT molecular complexity index is 1120. The highest BCUT2D eigenvalue weighted by atomic mass is 35.5. The second-order valence-electron chi connectivity index (χ2n) is 14.9. The molecule has 2 aliphatic heterocycles. The van der Waals surface area contributed by atoms with Crippen LogP contribution in [0.1, 0.15) is 169 Å². The van der Waals surface area contributed by atoms with E-state index in [1.165, 1.54) is 77.3 Å². The number of piperidine rings is 2. The molecule has 2 heterocycles. The molecular weight excluding hydrogens is 612 g/mol. The first-order chi connectivity index (χ1) is 22.1. The number of nitrogens with zero attached hydrogens (tertiary/aromatic N) is 2. The summed E-state index contributed by atoms with van der Waals surface area (Å²) in [6, 6.07) is 6.68. The predicted molar refractivity (Wildman–Crippen MR) is 195 cm³/mol. The number of sulfonamides is 1. The summed E-state index contributed by atoms with van der Waals surface area (Å²) in [5.41, 5.74) is 0.784. The second-order valence-corrected chi connectivity index (χ2v) is 17.2. The van der Waals surface area contributed by atoms with Gasteiger partial charge in [0.15, 0.2) is 0 Å². The van der Waals surface area contributed by atoms with Crippen LogP contribution >= 0.6 is 11.6 Å². The highest BCUT2D eigenvalue weighted by Gasteiger charge is 2.44. The number of hydrogen-bond acceptors (Lipinski definition) is 4. The molecule has 2 saturated heterocycles. The van der Waals surface area contributed by atoms with Gasteiger partial charge in [0.1, 0.15) is 5.78 Å². The third kappa shape index (κ3) is 11.9. The smallest absolute Gasteiger partial charge is 0.243 e. The maximum Gasteiger partial charge on any atom is 0.243 e. The molecule has 0 radical (unpaired) electrons. The minimum atomic E-state index is -3.55. The molecule has 3 unspecified atom stereocenters.